The molecule has 0 aliphatic heterocycles. The van der Waals surface area contributed by atoms with Crippen LogP contribution in [-0.2, 0) is 23.8 Å². The van der Waals surface area contributed by atoms with Crippen molar-refractivity contribution in [2.45, 2.75) is 64.9 Å². The average molecular weight is 432 g/mol. The first-order valence-corrected chi connectivity index (χ1v) is 10.7. The van der Waals surface area contributed by atoms with Crippen LogP contribution in [0.25, 0.3) is 0 Å². The number of rotatable bonds is 18. The van der Waals surface area contributed by atoms with E-state index in [1.54, 1.807) is 13.8 Å². The molecule has 0 bridgehead atoms. The lowest BCUT2D eigenvalue weighted by Gasteiger charge is -2.18. The van der Waals surface area contributed by atoms with Gasteiger partial charge in [0.15, 0.2) is 0 Å². The zero-order valence-corrected chi connectivity index (χ0v) is 18.2. The van der Waals surface area contributed by atoms with Gasteiger partial charge in [-0.3, -0.25) is 4.79 Å². The SMILES string of the molecule is CCNC(=O)OCCC(CCOC(=O)NCC)OCCCC(=O)NCCCCC=O. The van der Waals surface area contributed by atoms with Gasteiger partial charge in [-0.1, -0.05) is 0 Å². The zero-order chi connectivity index (χ0) is 22.5. The third kappa shape index (κ3) is 17.7. The Morgan fingerprint density at radius 1 is 0.833 bits per heavy atom. The molecule has 10 heteroatoms. The maximum Gasteiger partial charge on any atom is 0.407 e. The van der Waals surface area contributed by atoms with Gasteiger partial charge in [0.05, 0.1) is 19.3 Å². The largest absolute Gasteiger partial charge is 0.449 e. The van der Waals surface area contributed by atoms with Crippen molar-refractivity contribution >= 4 is 24.4 Å². The lowest BCUT2D eigenvalue weighted by Crippen LogP contribution is -2.28. The van der Waals surface area contributed by atoms with E-state index in [1.807, 2.05) is 0 Å². The molecule has 0 unspecified atom stereocenters. The summed E-state index contributed by atoms with van der Waals surface area (Å²) in [4.78, 5) is 44.7. The molecule has 0 radical (unpaired) electrons. The number of ether oxygens (including phenoxy) is 3. The number of alkyl carbamates (subject to hydrolysis) is 2. The predicted octanol–water partition coefficient (Wildman–Crippen LogP) is 1.91. The summed E-state index contributed by atoms with van der Waals surface area (Å²) in [6.07, 6.45) is 3.50. The van der Waals surface area contributed by atoms with Crippen LogP contribution in [-0.4, -0.2) is 69.9 Å². The van der Waals surface area contributed by atoms with Crippen molar-refractivity contribution in [3.05, 3.63) is 0 Å². The molecule has 30 heavy (non-hydrogen) atoms. The molecule has 0 saturated carbocycles. The first-order chi connectivity index (χ1) is 14.5. The molecule has 3 N–H and O–H groups in total. The van der Waals surface area contributed by atoms with Crippen LogP contribution in [0, 0.1) is 0 Å². The third-order valence-electron chi connectivity index (χ3n) is 3.96. The van der Waals surface area contributed by atoms with Gasteiger partial charge in [0.25, 0.3) is 0 Å². The van der Waals surface area contributed by atoms with E-state index >= 15 is 0 Å². The van der Waals surface area contributed by atoms with E-state index in [1.165, 1.54) is 0 Å². The first kappa shape index (κ1) is 27.6. The Morgan fingerprint density at radius 3 is 1.97 bits per heavy atom. The maximum atomic E-state index is 11.8. The summed E-state index contributed by atoms with van der Waals surface area (Å²) in [5, 5.41) is 7.89. The van der Waals surface area contributed by atoms with Gasteiger partial charge in [-0.2, -0.15) is 0 Å². The topological polar surface area (TPSA) is 132 Å². The number of hydrogen-bond donors (Lipinski definition) is 3. The molecule has 0 heterocycles. The molecule has 0 saturated heterocycles. The second-order valence-electron chi connectivity index (χ2n) is 6.52. The standard InChI is InChI=1S/C20H37N3O7/c1-3-21-19(26)29-15-10-17(11-16-30-20(27)22-4-2)28-14-8-9-18(25)23-12-6-5-7-13-24/h13,17H,3-12,14-16H2,1-2H3,(H,21,26)(H,22,27)(H,23,25). The lowest BCUT2D eigenvalue weighted by molar-refractivity contribution is -0.121. The molecule has 10 nitrogen and oxygen atoms in total. The number of unbranched alkanes of at least 4 members (excludes halogenated alkanes) is 2. The number of nitrogens with one attached hydrogen (secondary N) is 3. The van der Waals surface area contributed by atoms with E-state index in [0.717, 1.165) is 19.1 Å². The predicted molar refractivity (Wildman–Crippen MR) is 111 cm³/mol. The van der Waals surface area contributed by atoms with Crippen LogP contribution in [0.1, 0.15) is 58.8 Å². The lowest BCUT2D eigenvalue weighted by atomic mass is 10.2. The monoisotopic (exact) mass is 431 g/mol. The second kappa shape index (κ2) is 19.9. The molecule has 0 fully saturated rings. The molecule has 0 aromatic rings. The maximum absolute atomic E-state index is 11.8. The molecule has 0 aliphatic rings. The van der Waals surface area contributed by atoms with Crippen molar-refractivity contribution < 1.29 is 33.4 Å². The van der Waals surface area contributed by atoms with Gasteiger partial charge < -0.3 is 35.0 Å². The Kier molecular flexibility index (Phi) is 18.4. The molecule has 174 valence electrons. The van der Waals surface area contributed by atoms with Crippen molar-refractivity contribution in [1.29, 1.82) is 0 Å². The minimum Gasteiger partial charge on any atom is -0.449 e. The molecular weight excluding hydrogens is 394 g/mol. The summed E-state index contributed by atoms with van der Waals surface area (Å²) >= 11 is 0. The van der Waals surface area contributed by atoms with Gasteiger partial charge in [-0.05, 0) is 33.1 Å². The van der Waals surface area contributed by atoms with Crippen LogP contribution < -0.4 is 16.0 Å². The van der Waals surface area contributed by atoms with Crippen molar-refractivity contribution in [3.63, 3.8) is 0 Å². The van der Waals surface area contributed by atoms with Crippen molar-refractivity contribution in [2.75, 3.05) is 39.5 Å². The highest BCUT2D eigenvalue weighted by Crippen LogP contribution is 2.07. The summed E-state index contributed by atoms with van der Waals surface area (Å²) in [5.74, 6) is -0.0552. The Morgan fingerprint density at radius 2 is 1.43 bits per heavy atom. The molecule has 0 aliphatic carbocycles. The fourth-order valence-corrected chi connectivity index (χ4v) is 2.42. The summed E-state index contributed by atoms with van der Waals surface area (Å²) in [6.45, 7) is 5.85. The highest BCUT2D eigenvalue weighted by Gasteiger charge is 2.13. The molecule has 0 aromatic heterocycles. The molecule has 0 spiro atoms. The minimum absolute atomic E-state index is 0.0552. The molecule has 0 rings (SSSR count). The fourth-order valence-electron chi connectivity index (χ4n) is 2.42. The summed E-state index contributed by atoms with van der Waals surface area (Å²) in [7, 11) is 0. The first-order valence-electron chi connectivity index (χ1n) is 10.7. The Hall–Kier alpha value is -2.36. The number of hydrogen-bond acceptors (Lipinski definition) is 7. The van der Waals surface area contributed by atoms with E-state index in [2.05, 4.69) is 16.0 Å². The summed E-state index contributed by atoms with van der Waals surface area (Å²) < 4.78 is 15.9. The van der Waals surface area contributed by atoms with Crippen LogP contribution in [0.4, 0.5) is 9.59 Å². The van der Waals surface area contributed by atoms with Gasteiger partial charge >= 0.3 is 12.2 Å². The number of amides is 3. The van der Waals surface area contributed by atoms with Crippen molar-refractivity contribution in [3.8, 4) is 0 Å². The molecule has 0 aromatic carbocycles. The van der Waals surface area contributed by atoms with Crippen LogP contribution in [0.5, 0.6) is 0 Å². The van der Waals surface area contributed by atoms with E-state index in [4.69, 9.17) is 14.2 Å². The van der Waals surface area contributed by atoms with Crippen LogP contribution in [0.2, 0.25) is 0 Å². The number of carbonyl (C=O) groups excluding carboxylic acids is 4. The van der Waals surface area contributed by atoms with Gasteiger partial charge in [-0.25, -0.2) is 9.59 Å². The quantitative estimate of drug-likeness (QED) is 0.223. The number of carbonyl (C=O) groups is 4. The second-order valence-corrected chi connectivity index (χ2v) is 6.52. The normalized spacial score (nSPS) is 10.4. The third-order valence-corrected chi connectivity index (χ3v) is 3.96. The highest BCUT2D eigenvalue weighted by molar-refractivity contribution is 5.75. The van der Waals surface area contributed by atoms with Crippen molar-refractivity contribution in [2.24, 2.45) is 0 Å². The smallest absolute Gasteiger partial charge is 0.407 e. The number of aldehydes is 1. The van der Waals surface area contributed by atoms with Gasteiger partial charge in [-0.15, -0.1) is 0 Å². The van der Waals surface area contributed by atoms with E-state index < -0.39 is 12.2 Å². The van der Waals surface area contributed by atoms with E-state index in [9.17, 15) is 19.2 Å². The van der Waals surface area contributed by atoms with Crippen LogP contribution in [0.15, 0.2) is 0 Å². The summed E-state index contributed by atoms with van der Waals surface area (Å²) in [6, 6.07) is 0. The molecular formula is C20H37N3O7. The Labute approximate surface area is 178 Å². The fraction of sp³-hybridized carbons (Fsp3) is 0.800. The zero-order valence-electron chi connectivity index (χ0n) is 18.2. The highest BCUT2D eigenvalue weighted by atomic mass is 16.6. The Balaban J connectivity index is 4.11. The molecule has 3 amide bonds. The minimum atomic E-state index is -0.486. The average Bonchev–Trinajstić information content (AvgIpc) is 2.71. The Bertz CT molecular complexity index is 465. The van der Waals surface area contributed by atoms with Crippen LogP contribution >= 0.6 is 0 Å². The summed E-state index contributed by atoms with van der Waals surface area (Å²) in [5.41, 5.74) is 0. The van der Waals surface area contributed by atoms with Crippen molar-refractivity contribution in [1.82, 2.24) is 16.0 Å². The van der Waals surface area contributed by atoms with Gasteiger partial charge in [0.2, 0.25) is 5.91 Å². The molecule has 0 atom stereocenters. The van der Waals surface area contributed by atoms with E-state index in [-0.39, 0.29) is 25.2 Å². The van der Waals surface area contributed by atoms with Gasteiger partial charge in [0, 0.05) is 51.9 Å². The van der Waals surface area contributed by atoms with Crippen LogP contribution in [0.3, 0.4) is 0 Å². The van der Waals surface area contributed by atoms with Gasteiger partial charge in [0.1, 0.15) is 6.29 Å². The van der Waals surface area contributed by atoms with E-state index in [0.29, 0.717) is 58.3 Å².